The Balaban J connectivity index is 1.25. The van der Waals surface area contributed by atoms with Crippen LogP contribution in [0.25, 0.3) is 20.9 Å². The van der Waals surface area contributed by atoms with Gasteiger partial charge < -0.3 is 18.8 Å². The third-order valence-electron chi connectivity index (χ3n) is 11.4. The van der Waals surface area contributed by atoms with Gasteiger partial charge in [-0.1, -0.05) is 175 Å². The van der Waals surface area contributed by atoms with E-state index < -0.39 is 7.60 Å². The molecule has 0 fully saturated rings. The number of hydrogen-bond acceptors (Lipinski definition) is 6. The summed E-state index contributed by atoms with van der Waals surface area (Å²) >= 11 is 1.65. The van der Waals surface area contributed by atoms with Crippen molar-refractivity contribution >= 4 is 58.4 Å². The van der Waals surface area contributed by atoms with Crippen LogP contribution >= 0.6 is 18.9 Å². The normalized spacial score (nSPS) is 11.5. The van der Waals surface area contributed by atoms with Gasteiger partial charge in [0.1, 0.15) is 0 Å². The van der Waals surface area contributed by atoms with Crippen LogP contribution in [0, 0.1) is 0 Å². The van der Waals surface area contributed by atoms with E-state index in [4.69, 9.17) is 9.05 Å². The van der Waals surface area contributed by atoms with Crippen LogP contribution in [0.4, 0.5) is 34.1 Å². The van der Waals surface area contributed by atoms with E-state index in [1.54, 1.807) is 11.3 Å². The second-order valence-electron chi connectivity index (χ2n) is 16.1. The number of rotatable bonds is 25. The van der Waals surface area contributed by atoms with Gasteiger partial charge in [-0.15, -0.1) is 11.3 Å². The third kappa shape index (κ3) is 12.5. The van der Waals surface area contributed by atoms with E-state index in [1.807, 2.05) is 24.3 Å². The standard InChI is InChI=1S/C56H63N2O3PS/c1-3-5-7-9-11-25-43-60-62(59,61-44-26-12-10-8-6-4-2)54-45-55(46-35-39-52(40-36-46)57(48-27-17-13-18-28-48)49-29-19-14-20-30-49)63-56(54)47-37-41-53(42-38-47)58(50-31-21-15-22-32-50)51-33-23-16-24-34-51/h13-24,27-42,45H,3-12,25-26,43-44H2,1-2H3. The molecule has 6 aromatic carbocycles. The van der Waals surface area contributed by atoms with Gasteiger partial charge in [0.25, 0.3) is 0 Å². The summed E-state index contributed by atoms with van der Waals surface area (Å²) in [6, 6.07) is 61.2. The predicted molar refractivity (Wildman–Crippen MR) is 270 cm³/mol. The summed E-state index contributed by atoms with van der Waals surface area (Å²) in [6.45, 7) is 5.27. The maximum Gasteiger partial charge on any atom is 0.362 e. The van der Waals surface area contributed by atoms with Crippen molar-refractivity contribution in [1.29, 1.82) is 0 Å². The van der Waals surface area contributed by atoms with E-state index in [2.05, 4.69) is 175 Å². The molecule has 1 aromatic heterocycles. The minimum absolute atomic E-state index is 0.399. The first kappa shape index (κ1) is 45.8. The van der Waals surface area contributed by atoms with Gasteiger partial charge in [-0.2, -0.15) is 0 Å². The van der Waals surface area contributed by atoms with E-state index in [0.29, 0.717) is 18.5 Å². The Hall–Kier alpha value is -5.23. The van der Waals surface area contributed by atoms with Gasteiger partial charge in [-0.25, -0.2) is 0 Å². The maximum absolute atomic E-state index is 15.5. The number of anilines is 6. The maximum atomic E-state index is 15.5. The first-order valence-electron chi connectivity index (χ1n) is 23.1. The van der Waals surface area contributed by atoms with E-state index in [0.717, 1.165) is 93.5 Å². The topological polar surface area (TPSA) is 42.0 Å². The molecule has 326 valence electrons. The van der Waals surface area contributed by atoms with Crippen LogP contribution in [0.3, 0.4) is 0 Å². The Morgan fingerprint density at radius 1 is 0.413 bits per heavy atom. The molecule has 7 aromatic rings. The molecule has 7 heteroatoms. The van der Waals surface area contributed by atoms with Crippen molar-refractivity contribution in [2.45, 2.75) is 90.9 Å². The van der Waals surface area contributed by atoms with Crippen molar-refractivity contribution in [3.8, 4) is 20.9 Å². The number of unbranched alkanes of at least 4 members (excludes halogenated alkanes) is 10. The third-order valence-corrected chi connectivity index (χ3v) is 14.8. The Labute approximate surface area is 380 Å². The highest BCUT2D eigenvalue weighted by Crippen LogP contribution is 2.53. The highest BCUT2D eigenvalue weighted by molar-refractivity contribution is 7.63. The number of thiophene rings is 1. The first-order chi connectivity index (χ1) is 31.1. The number of nitrogens with zero attached hydrogens (tertiary/aromatic N) is 2. The summed E-state index contributed by atoms with van der Waals surface area (Å²) in [5, 5.41) is 0.648. The van der Waals surface area contributed by atoms with Crippen LogP contribution in [0.5, 0.6) is 0 Å². The smallest absolute Gasteiger partial charge is 0.311 e. The van der Waals surface area contributed by atoms with E-state index in [1.165, 1.54) is 38.5 Å². The van der Waals surface area contributed by atoms with Gasteiger partial charge in [-0.05, 0) is 103 Å². The minimum atomic E-state index is -3.74. The van der Waals surface area contributed by atoms with Crippen LogP contribution < -0.4 is 15.1 Å². The van der Waals surface area contributed by atoms with E-state index in [9.17, 15) is 0 Å². The van der Waals surface area contributed by atoms with Crippen LogP contribution in [0.15, 0.2) is 176 Å². The zero-order chi connectivity index (χ0) is 43.5. The lowest BCUT2D eigenvalue weighted by Gasteiger charge is -2.25. The monoisotopic (exact) mass is 874 g/mol. The molecular weight excluding hydrogens is 812 g/mol. The average molecular weight is 875 g/mol. The van der Waals surface area contributed by atoms with Crippen LogP contribution in [0.2, 0.25) is 0 Å². The van der Waals surface area contributed by atoms with Crippen LogP contribution in [-0.2, 0) is 13.6 Å². The van der Waals surface area contributed by atoms with Gasteiger partial charge in [0.05, 0.1) is 23.4 Å². The van der Waals surface area contributed by atoms with Crippen molar-refractivity contribution in [3.63, 3.8) is 0 Å². The molecule has 0 aliphatic rings. The van der Waals surface area contributed by atoms with E-state index in [-0.39, 0.29) is 0 Å². The van der Waals surface area contributed by atoms with Gasteiger partial charge in [0.15, 0.2) is 0 Å². The molecular formula is C56H63N2O3PS. The molecule has 0 saturated carbocycles. The fraction of sp³-hybridized carbons (Fsp3) is 0.286. The van der Waals surface area contributed by atoms with Gasteiger partial charge in [0.2, 0.25) is 0 Å². The Bertz CT molecular complexity index is 2310. The molecule has 0 aliphatic heterocycles. The fourth-order valence-electron chi connectivity index (χ4n) is 7.98. The molecule has 0 radical (unpaired) electrons. The molecule has 0 saturated heterocycles. The lowest BCUT2D eigenvalue weighted by Crippen LogP contribution is -2.13. The van der Waals surface area contributed by atoms with Gasteiger partial charge in [0, 0.05) is 39.0 Å². The summed E-state index contributed by atoms with van der Waals surface area (Å²) in [6.07, 6.45) is 13.5. The molecule has 0 aliphatic carbocycles. The molecule has 0 unspecified atom stereocenters. The molecule has 0 N–H and O–H groups in total. The van der Waals surface area contributed by atoms with Crippen molar-refractivity contribution in [2.24, 2.45) is 0 Å². The lowest BCUT2D eigenvalue weighted by atomic mass is 10.1. The average Bonchev–Trinajstić information content (AvgIpc) is 3.80. The zero-order valence-electron chi connectivity index (χ0n) is 37.1. The summed E-state index contributed by atoms with van der Waals surface area (Å²) in [5.74, 6) is 0. The quantitative estimate of drug-likeness (QED) is 0.0423. The highest BCUT2D eigenvalue weighted by atomic mass is 32.1. The molecule has 63 heavy (non-hydrogen) atoms. The zero-order valence-corrected chi connectivity index (χ0v) is 38.8. The summed E-state index contributed by atoms with van der Waals surface area (Å²) in [4.78, 5) is 6.46. The Kier molecular flexibility index (Phi) is 17.4. The Morgan fingerprint density at radius 2 is 0.746 bits per heavy atom. The van der Waals surface area contributed by atoms with Gasteiger partial charge in [-0.3, -0.25) is 4.57 Å². The molecule has 5 nitrogen and oxygen atoms in total. The van der Waals surface area contributed by atoms with Crippen molar-refractivity contribution in [2.75, 3.05) is 23.0 Å². The fourth-order valence-corrected chi connectivity index (χ4v) is 11.4. The molecule has 0 spiro atoms. The molecule has 7 rings (SSSR count). The number of para-hydroxylation sites is 4. The predicted octanol–water partition coefficient (Wildman–Crippen LogP) is 17.6. The first-order valence-corrected chi connectivity index (χ1v) is 25.5. The molecule has 0 bridgehead atoms. The summed E-state index contributed by atoms with van der Waals surface area (Å²) in [5.41, 5.74) is 8.45. The van der Waals surface area contributed by atoms with Gasteiger partial charge >= 0.3 is 7.60 Å². The summed E-state index contributed by atoms with van der Waals surface area (Å²) in [7, 11) is -3.74. The van der Waals surface area contributed by atoms with Crippen LogP contribution in [-0.4, -0.2) is 13.2 Å². The SMILES string of the molecule is CCCCCCCCOP(=O)(OCCCCCCCC)c1cc(-c2ccc(N(c3ccccc3)c3ccccc3)cc2)sc1-c1ccc(N(c2ccccc2)c2ccccc2)cc1. The molecule has 0 atom stereocenters. The minimum Gasteiger partial charge on any atom is -0.311 e. The second kappa shape index (κ2) is 24.0. The van der Waals surface area contributed by atoms with Crippen molar-refractivity contribution in [1.82, 2.24) is 0 Å². The lowest BCUT2D eigenvalue weighted by molar-refractivity contribution is 0.206. The largest absolute Gasteiger partial charge is 0.362 e. The summed E-state index contributed by atoms with van der Waals surface area (Å²) < 4.78 is 28.5. The molecule has 1 heterocycles. The highest BCUT2D eigenvalue weighted by Gasteiger charge is 2.33. The Morgan fingerprint density at radius 3 is 1.13 bits per heavy atom. The van der Waals surface area contributed by atoms with Crippen LogP contribution in [0.1, 0.15) is 90.9 Å². The molecule has 0 amide bonds. The number of hydrogen-bond donors (Lipinski definition) is 0. The number of benzene rings is 6. The van der Waals surface area contributed by atoms with Crippen molar-refractivity contribution in [3.05, 3.63) is 176 Å². The second-order valence-corrected chi connectivity index (χ2v) is 19.2. The van der Waals surface area contributed by atoms with E-state index >= 15 is 4.57 Å². The van der Waals surface area contributed by atoms with Crippen molar-refractivity contribution < 1.29 is 13.6 Å².